The molecule has 0 fully saturated rings. The van der Waals surface area contributed by atoms with Crippen LogP contribution in [0.25, 0.3) is 0 Å². The molecular formula is C23H26N2O3. The first kappa shape index (κ1) is 19.7. The fourth-order valence-electron chi connectivity index (χ4n) is 2.81. The Bertz CT molecular complexity index is 871. The minimum absolute atomic E-state index is 0.112. The zero-order valence-electron chi connectivity index (χ0n) is 16.3. The Morgan fingerprint density at radius 3 is 2.46 bits per heavy atom. The van der Waals surface area contributed by atoms with Crippen molar-refractivity contribution in [1.29, 1.82) is 0 Å². The lowest BCUT2D eigenvalue weighted by atomic mass is 10.1. The normalized spacial score (nSPS) is 10.8. The van der Waals surface area contributed by atoms with E-state index < -0.39 is 0 Å². The molecule has 3 aromatic rings. The molecule has 1 heterocycles. The molecule has 146 valence electrons. The lowest BCUT2D eigenvalue weighted by Crippen LogP contribution is -2.22. The number of nitrogens with one attached hydrogen (secondary N) is 2. The van der Waals surface area contributed by atoms with Gasteiger partial charge in [-0.3, -0.25) is 4.79 Å². The number of ether oxygens (including phenoxy) is 1. The number of rotatable bonds is 9. The van der Waals surface area contributed by atoms with Gasteiger partial charge in [-0.15, -0.1) is 0 Å². The van der Waals surface area contributed by atoms with Gasteiger partial charge in [0.15, 0.2) is 0 Å². The van der Waals surface area contributed by atoms with Crippen LogP contribution in [-0.4, -0.2) is 12.0 Å². The molecule has 0 radical (unpaired) electrons. The second kappa shape index (κ2) is 9.76. The molecule has 0 spiro atoms. The first-order valence-corrected chi connectivity index (χ1v) is 9.46. The maximum atomic E-state index is 12.3. The van der Waals surface area contributed by atoms with Crippen molar-refractivity contribution in [2.75, 3.05) is 0 Å². The summed E-state index contributed by atoms with van der Waals surface area (Å²) in [5.41, 5.74) is 2.88. The predicted molar refractivity (Wildman–Crippen MR) is 109 cm³/mol. The van der Waals surface area contributed by atoms with Crippen LogP contribution in [0.1, 0.15) is 41.1 Å². The van der Waals surface area contributed by atoms with Crippen molar-refractivity contribution in [3.63, 3.8) is 0 Å². The molecule has 0 unspecified atom stereocenters. The molecule has 1 aromatic heterocycles. The van der Waals surface area contributed by atoms with Crippen LogP contribution in [0.3, 0.4) is 0 Å². The van der Waals surface area contributed by atoms with Crippen molar-refractivity contribution in [3.8, 4) is 5.75 Å². The van der Waals surface area contributed by atoms with Crippen LogP contribution in [0.2, 0.25) is 0 Å². The van der Waals surface area contributed by atoms with Crippen molar-refractivity contribution < 1.29 is 13.9 Å². The SMILES string of the molecule is CC(C)Oc1ccc(CNCc2cccc(C(=O)NCc3ccco3)c2)cc1. The molecule has 28 heavy (non-hydrogen) atoms. The second-order valence-corrected chi connectivity index (χ2v) is 6.88. The summed E-state index contributed by atoms with van der Waals surface area (Å²) in [5, 5.41) is 6.28. The molecule has 0 aliphatic rings. The van der Waals surface area contributed by atoms with Gasteiger partial charge in [0.05, 0.1) is 18.9 Å². The van der Waals surface area contributed by atoms with Crippen LogP contribution >= 0.6 is 0 Å². The molecule has 0 atom stereocenters. The average molecular weight is 378 g/mol. The largest absolute Gasteiger partial charge is 0.491 e. The summed E-state index contributed by atoms with van der Waals surface area (Å²) in [4.78, 5) is 12.3. The van der Waals surface area contributed by atoms with E-state index in [2.05, 4.69) is 22.8 Å². The molecule has 0 aliphatic heterocycles. The highest BCUT2D eigenvalue weighted by Gasteiger charge is 2.07. The number of hydrogen-bond acceptors (Lipinski definition) is 4. The molecule has 0 aliphatic carbocycles. The van der Waals surface area contributed by atoms with E-state index in [1.165, 1.54) is 5.56 Å². The zero-order valence-corrected chi connectivity index (χ0v) is 16.3. The van der Waals surface area contributed by atoms with E-state index in [9.17, 15) is 4.79 Å². The lowest BCUT2D eigenvalue weighted by Gasteiger charge is -2.11. The average Bonchev–Trinajstić information content (AvgIpc) is 3.21. The molecule has 1 amide bonds. The summed E-state index contributed by atoms with van der Waals surface area (Å²) in [5.74, 6) is 1.50. The molecule has 3 rings (SSSR count). The molecule has 0 bridgehead atoms. The fourth-order valence-corrected chi connectivity index (χ4v) is 2.81. The Kier molecular flexibility index (Phi) is 6.87. The maximum Gasteiger partial charge on any atom is 0.251 e. The van der Waals surface area contributed by atoms with Crippen molar-refractivity contribution in [1.82, 2.24) is 10.6 Å². The van der Waals surface area contributed by atoms with E-state index in [-0.39, 0.29) is 12.0 Å². The van der Waals surface area contributed by atoms with Crippen LogP contribution in [-0.2, 0) is 19.6 Å². The van der Waals surface area contributed by atoms with Gasteiger partial charge in [0.2, 0.25) is 0 Å². The highest BCUT2D eigenvalue weighted by molar-refractivity contribution is 5.94. The first-order chi connectivity index (χ1) is 13.6. The summed E-state index contributed by atoms with van der Waals surface area (Å²) < 4.78 is 10.9. The minimum atomic E-state index is -0.112. The third kappa shape index (κ3) is 5.99. The number of carbonyl (C=O) groups excluding carboxylic acids is 1. The standard InChI is InChI=1S/C23H26N2O3/c1-17(2)28-21-10-8-18(9-11-21)14-24-15-19-5-3-6-20(13-19)23(26)25-16-22-7-4-12-27-22/h3-13,17,24H,14-16H2,1-2H3,(H,25,26). The van der Waals surface area contributed by atoms with Gasteiger partial charge in [-0.2, -0.15) is 0 Å². The van der Waals surface area contributed by atoms with E-state index in [0.717, 1.165) is 23.6 Å². The fraction of sp³-hybridized carbons (Fsp3) is 0.261. The third-order valence-electron chi connectivity index (χ3n) is 4.15. The van der Waals surface area contributed by atoms with E-state index in [4.69, 9.17) is 9.15 Å². The van der Waals surface area contributed by atoms with Gasteiger partial charge in [0.1, 0.15) is 11.5 Å². The topological polar surface area (TPSA) is 63.5 Å². The maximum absolute atomic E-state index is 12.3. The van der Waals surface area contributed by atoms with Gasteiger partial charge in [-0.1, -0.05) is 24.3 Å². The van der Waals surface area contributed by atoms with Gasteiger partial charge in [0, 0.05) is 18.7 Å². The Labute approximate surface area is 165 Å². The van der Waals surface area contributed by atoms with Gasteiger partial charge in [0.25, 0.3) is 5.91 Å². The number of carbonyl (C=O) groups is 1. The Morgan fingerprint density at radius 1 is 0.964 bits per heavy atom. The van der Waals surface area contributed by atoms with Crippen molar-refractivity contribution in [2.24, 2.45) is 0 Å². The lowest BCUT2D eigenvalue weighted by molar-refractivity contribution is 0.0948. The van der Waals surface area contributed by atoms with Gasteiger partial charge in [-0.05, 0) is 61.4 Å². The van der Waals surface area contributed by atoms with E-state index >= 15 is 0 Å². The molecular weight excluding hydrogens is 352 g/mol. The molecule has 5 nitrogen and oxygen atoms in total. The Hall–Kier alpha value is -3.05. The molecule has 5 heteroatoms. The van der Waals surface area contributed by atoms with Crippen molar-refractivity contribution >= 4 is 5.91 Å². The molecule has 0 saturated carbocycles. The Morgan fingerprint density at radius 2 is 1.75 bits per heavy atom. The van der Waals surface area contributed by atoms with Crippen LogP contribution in [0.15, 0.2) is 71.3 Å². The number of furan rings is 1. The first-order valence-electron chi connectivity index (χ1n) is 9.46. The van der Waals surface area contributed by atoms with E-state index in [1.54, 1.807) is 12.3 Å². The van der Waals surface area contributed by atoms with Gasteiger partial charge >= 0.3 is 0 Å². The summed E-state index contributed by atoms with van der Waals surface area (Å²) >= 11 is 0. The highest BCUT2D eigenvalue weighted by atomic mass is 16.5. The van der Waals surface area contributed by atoms with Crippen LogP contribution < -0.4 is 15.4 Å². The Balaban J connectivity index is 1.48. The number of hydrogen-bond donors (Lipinski definition) is 2. The number of benzene rings is 2. The van der Waals surface area contributed by atoms with E-state index in [0.29, 0.717) is 18.7 Å². The zero-order chi connectivity index (χ0) is 19.8. The predicted octanol–water partition coefficient (Wildman–Crippen LogP) is 4.29. The summed E-state index contributed by atoms with van der Waals surface area (Å²) in [6, 6.07) is 19.4. The van der Waals surface area contributed by atoms with E-state index in [1.807, 2.05) is 56.3 Å². The highest BCUT2D eigenvalue weighted by Crippen LogP contribution is 2.14. The molecule has 2 aromatic carbocycles. The van der Waals surface area contributed by atoms with Crippen molar-refractivity contribution in [3.05, 3.63) is 89.4 Å². The number of amides is 1. The quantitative estimate of drug-likeness (QED) is 0.583. The molecule has 2 N–H and O–H groups in total. The van der Waals surface area contributed by atoms with Gasteiger partial charge < -0.3 is 19.8 Å². The second-order valence-electron chi connectivity index (χ2n) is 6.88. The monoisotopic (exact) mass is 378 g/mol. The van der Waals surface area contributed by atoms with Crippen LogP contribution in [0.5, 0.6) is 5.75 Å². The summed E-state index contributed by atoms with van der Waals surface area (Å²) in [6.07, 6.45) is 1.77. The van der Waals surface area contributed by atoms with Crippen LogP contribution in [0, 0.1) is 0 Å². The molecule has 0 saturated heterocycles. The van der Waals surface area contributed by atoms with Gasteiger partial charge in [-0.25, -0.2) is 0 Å². The summed E-state index contributed by atoms with van der Waals surface area (Å²) in [6.45, 7) is 5.84. The minimum Gasteiger partial charge on any atom is -0.491 e. The third-order valence-corrected chi connectivity index (χ3v) is 4.15. The smallest absolute Gasteiger partial charge is 0.251 e. The van der Waals surface area contributed by atoms with Crippen molar-refractivity contribution in [2.45, 2.75) is 39.6 Å². The van der Waals surface area contributed by atoms with Crippen LogP contribution in [0.4, 0.5) is 0 Å². The summed E-state index contributed by atoms with van der Waals surface area (Å²) in [7, 11) is 0.